The van der Waals surface area contributed by atoms with Crippen molar-refractivity contribution in [1.82, 2.24) is 4.90 Å². The number of amides is 1. The van der Waals surface area contributed by atoms with E-state index in [1.54, 1.807) is 17.0 Å². The molecule has 0 N–H and O–H groups in total. The fraction of sp³-hybridized carbons (Fsp3) is 0.278. The second kappa shape index (κ2) is 4.85. The Kier molecular flexibility index (Phi) is 2.94. The van der Waals surface area contributed by atoms with Gasteiger partial charge in [0, 0.05) is 0 Å². The zero-order chi connectivity index (χ0) is 15.2. The minimum absolute atomic E-state index is 0.319. The molecule has 1 saturated heterocycles. The van der Waals surface area contributed by atoms with Gasteiger partial charge in [-0.3, -0.25) is 0 Å². The van der Waals surface area contributed by atoms with Gasteiger partial charge in [-0.2, -0.15) is 0 Å². The number of para-hydroxylation sites is 1. The molecule has 1 amide bonds. The summed E-state index contributed by atoms with van der Waals surface area (Å²) in [6.45, 7) is 3.80. The molecule has 0 atom stereocenters. The van der Waals surface area contributed by atoms with E-state index in [9.17, 15) is 4.79 Å². The van der Waals surface area contributed by atoms with Crippen LogP contribution >= 0.6 is 0 Å². The third kappa shape index (κ3) is 2.07. The first-order valence-corrected chi connectivity index (χ1v) is 7.42. The number of likely N-dealkylation sites (tertiary alicyclic amines) is 1. The fourth-order valence-corrected chi connectivity index (χ4v) is 3.19. The van der Waals surface area contributed by atoms with Crippen molar-refractivity contribution in [2.45, 2.75) is 19.1 Å². The summed E-state index contributed by atoms with van der Waals surface area (Å²) in [6, 6.07) is 15.5. The third-order valence-corrected chi connectivity index (χ3v) is 4.35. The number of hydrogen-bond acceptors (Lipinski definition) is 3. The van der Waals surface area contributed by atoms with E-state index in [1.165, 1.54) is 16.7 Å². The highest BCUT2D eigenvalue weighted by Crippen LogP contribution is 2.43. The lowest BCUT2D eigenvalue weighted by atomic mass is 9.85. The van der Waals surface area contributed by atoms with Crippen LogP contribution in [0.5, 0.6) is 5.75 Å². The van der Waals surface area contributed by atoms with Gasteiger partial charge in [-0.25, -0.2) is 4.79 Å². The van der Waals surface area contributed by atoms with E-state index in [4.69, 9.17) is 9.47 Å². The average Bonchev–Trinajstić information content (AvgIpc) is 2.85. The van der Waals surface area contributed by atoms with Gasteiger partial charge in [0.2, 0.25) is 0 Å². The van der Waals surface area contributed by atoms with E-state index in [-0.39, 0.29) is 11.7 Å². The zero-order valence-electron chi connectivity index (χ0n) is 12.4. The zero-order valence-corrected chi connectivity index (χ0v) is 12.4. The number of carbonyl (C=O) groups is 1. The van der Waals surface area contributed by atoms with Crippen molar-refractivity contribution in [2.24, 2.45) is 0 Å². The summed E-state index contributed by atoms with van der Waals surface area (Å²) in [4.78, 5) is 13.8. The van der Waals surface area contributed by atoms with Crippen molar-refractivity contribution in [3.63, 3.8) is 0 Å². The van der Waals surface area contributed by atoms with Crippen molar-refractivity contribution < 1.29 is 14.3 Å². The molecule has 0 saturated carbocycles. The summed E-state index contributed by atoms with van der Waals surface area (Å²) in [6.07, 6.45) is -0.319. The van der Waals surface area contributed by atoms with E-state index in [0.29, 0.717) is 25.4 Å². The Morgan fingerprint density at radius 2 is 1.95 bits per heavy atom. The van der Waals surface area contributed by atoms with E-state index >= 15 is 0 Å². The molecule has 112 valence electrons. The Hall–Kier alpha value is -2.33. The predicted octanol–water partition coefficient (Wildman–Crippen LogP) is 3.24. The van der Waals surface area contributed by atoms with E-state index in [0.717, 1.165) is 0 Å². The SMILES string of the molecule is Cc1ccc2c(c1)COC21CN(C(=O)Oc2ccccc2)C1. The monoisotopic (exact) mass is 295 g/mol. The first-order chi connectivity index (χ1) is 10.7. The van der Waals surface area contributed by atoms with Gasteiger partial charge >= 0.3 is 6.09 Å². The largest absolute Gasteiger partial charge is 0.415 e. The summed E-state index contributed by atoms with van der Waals surface area (Å²) in [5.74, 6) is 0.566. The van der Waals surface area contributed by atoms with Crippen LogP contribution in [0.3, 0.4) is 0 Å². The Balaban J connectivity index is 1.46. The topological polar surface area (TPSA) is 38.8 Å². The third-order valence-electron chi connectivity index (χ3n) is 4.35. The predicted molar refractivity (Wildman–Crippen MR) is 81.7 cm³/mol. The summed E-state index contributed by atoms with van der Waals surface area (Å²) >= 11 is 0. The molecular formula is C18H17NO3. The Labute approximate surface area is 129 Å². The minimum Gasteiger partial charge on any atom is -0.410 e. The Bertz CT molecular complexity index is 720. The molecule has 2 heterocycles. The molecule has 2 aromatic rings. The molecule has 1 spiro atoms. The van der Waals surface area contributed by atoms with Gasteiger partial charge in [-0.1, -0.05) is 42.0 Å². The number of rotatable bonds is 1. The highest BCUT2D eigenvalue weighted by molar-refractivity contribution is 5.72. The standard InChI is InChI=1S/C18H17NO3/c1-13-7-8-16-14(9-13)10-21-18(16)11-19(12-18)17(20)22-15-5-3-2-4-6-15/h2-9H,10-12H2,1H3. The van der Waals surface area contributed by atoms with Crippen LogP contribution in [0.2, 0.25) is 0 Å². The molecule has 2 aliphatic heterocycles. The molecule has 2 aromatic carbocycles. The number of nitrogens with zero attached hydrogens (tertiary/aromatic N) is 1. The van der Waals surface area contributed by atoms with Crippen LogP contribution in [0.4, 0.5) is 4.79 Å². The summed E-state index contributed by atoms with van der Waals surface area (Å²) in [5.41, 5.74) is 3.34. The van der Waals surface area contributed by atoms with Gasteiger partial charge < -0.3 is 14.4 Å². The maximum Gasteiger partial charge on any atom is 0.415 e. The van der Waals surface area contributed by atoms with Crippen molar-refractivity contribution in [2.75, 3.05) is 13.1 Å². The number of benzene rings is 2. The Morgan fingerprint density at radius 1 is 1.18 bits per heavy atom. The number of fused-ring (bicyclic) bond motifs is 2. The number of hydrogen-bond donors (Lipinski definition) is 0. The molecule has 22 heavy (non-hydrogen) atoms. The van der Waals surface area contributed by atoms with E-state index < -0.39 is 0 Å². The van der Waals surface area contributed by atoms with Crippen molar-refractivity contribution >= 4 is 6.09 Å². The second-order valence-electron chi connectivity index (χ2n) is 5.98. The van der Waals surface area contributed by atoms with Gasteiger partial charge in [-0.15, -0.1) is 0 Å². The van der Waals surface area contributed by atoms with Gasteiger partial charge in [0.1, 0.15) is 11.4 Å². The van der Waals surface area contributed by atoms with Gasteiger partial charge in [0.05, 0.1) is 19.7 Å². The summed E-state index contributed by atoms with van der Waals surface area (Å²) < 4.78 is 11.3. The van der Waals surface area contributed by atoms with Crippen LogP contribution in [0, 0.1) is 6.92 Å². The van der Waals surface area contributed by atoms with Crippen molar-refractivity contribution in [1.29, 1.82) is 0 Å². The summed E-state index contributed by atoms with van der Waals surface area (Å²) in [5, 5.41) is 0. The molecule has 4 rings (SSSR count). The van der Waals surface area contributed by atoms with E-state index in [2.05, 4.69) is 25.1 Å². The number of ether oxygens (including phenoxy) is 2. The molecule has 0 aromatic heterocycles. The van der Waals surface area contributed by atoms with Crippen LogP contribution in [0.15, 0.2) is 48.5 Å². The van der Waals surface area contributed by atoms with Crippen LogP contribution in [-0.2, 0) is 16.9 Å². The van der Waals surface area contributed by atoms with Crippen LogP contribution in [0.25, 0.3) is 0 Å². The minimum atomic E-state index is -0.335. The molecular weight excluding hydrogens is 278 g/mol. The first-order valence-electron chi connectivity index (χ1n) is 7.42. The molecule has 2 aliphatic rings. The smallest absolute Gasteiger partial charge is 0.410 e. The molecule has 0 bridgehead atoms. The van der Waals surface area contributed by atoms with Crippen LogP contribution in [-0.4, -0.2) is 24.1 Å². The second-order valence-corrected chi connectivity index (χ2v) is 5.98. The maximum atomic E-state index is 12.1. The molecule has 0 aliphatic carbocycles. The normalized spacial score (nSPS) is 18.0. The van der Waals surface area contributed by atoms with Gasteiger partial charge in [-0.05, 0) is 30.2 Å². The lowest BCUT2D eigenvalue weighted by Crippen LogP contribution is -2.61. The molecule has 4 heteroatoms. The average molecular weight is 295 g/mol. The van der Waals surface area contributed by atoms with Crippen molar-refractivity contribution in [3.05, 3.63) is 65.2 Å². The Morgan fingerprint density at radius 3 is 2.73 bits per heavy atom. The first kappa shape index (κ1) is 13.3. The van der Waals surface area contributed by atoms with Crippen LogP contribution < -0.4 is 4.74 Å². The molecule has 0 radical (unpaired) electrons. The highest BCUT2D eigenvalue weighted by Gasteiger charge is 2.52. The summed E-state index contributed by atoms with van der Waals surface area (Å²) in [7, 11) is 0. The van der Waals surface area contributed by atoms with Gasteiger partial charge in [0.25, 0.3) is 0 Å². The maximum absolute atomic E-state index is 12.1. The fourth-order valence-electron chi connectivity index (χ4n) is 3.19. The molecule has 4 nitrogen and oxygen atoms in total. The lowest BCUT2D eigenvalue weighted by molar-refractivity contribution is -0.128. The van der Waals surface area contributed by atoms with Crippen LogP contribution in [0.1, 0.15) is 16.7 Å². The molecule has 0 unspecified atom stereocenters. The van der Waals surface area contributed by atoms with Gasteiger partial charge in [0.15, 0.2) is 0 Å². The molecule has 1 fully saturated rings. The number of carbonyl (C=O) groups excluding carboxylic acids is 1. The lowest BCUT2D eigenvalue weighted by Gasteiger charge is -2.46. The highest BCUT2D eigenvalue weighted by atomic mass is 16.6. The quantitative estimate of drug-likeness (QED) is 0.810. The number of aryl methyl sites for hydroxylation is 1. The van der Waals surface area contributed by atoms with Crippen molar-refractivity contribution in [3.8, 4) is 5.75 Å². The van der Waals surface area contributed by atoms with E-state index in [1.807, 2.05) is 18.2 Å².